The maximum atomic E-state index is 13.0. The molecular formula is C16H15ClN6O. The van der Waals surface area contributed by atoms with Gasteiger partial charge in [0.05, 0.1) is 22.7 Å². The van der Waals surface area contributed by atoms with Crippen molar-refractivity contribution < 1.29 is 4.79 Å². The minimum absolute atomic E-state index is 0.216. The van der Waals surface area contributed by atoms with E-state index >= 15 is 0 Å². The third-order valence-corrected chi connectivity index (χ3v) is 4.72. The van der Waals surface area contributed by atoms with Gasteiger partial charge in [-0.2, -0.15) is 5.10 Å². The van der Waals surface area contributed by atoms with E-state index in [9.17, 15) is 4.79 Å². The first-order valence-electron chi connectivity index (χ1n) is 7.60. The van der Waals surface area contributed by atoms with Crippen LogP contribution in [0, 0.1) is 6.92 Å². The fourth-order valence-electron chi connectivity index (χ4n) is 3.06. The Balaban J connectivity index is 1.79. The number of aromatic nitrogens is 5. The summed E-state index contributed by atoms with van der Waals surface area (Å²) in [6.45, 7) is 2.34. The minimum Gasteiger partial charge on any atom is -0.348 e. The van der Waals surface area contributed by atoms with E-state index in [4.69, 9.17) is 11.6 Å². The number of pyridine rings is 1. The number of fused-ring (bicyclic) bond motifs is 1. The van der Waals surface area contributed by atoms with Crippen molar-refractivity contribution >= 4 is 17.5 Å². The van der Waals surface area contributed by atoms with Crippen LogP contribution in [0.4, 0.5) is 0 Å². The Morgan fingerprint density at radius 2 is 2.33 bits per heavy atom. The van der Waals surface area contributed by atoms with Gasteiger partial charge in [-0.3, -0.25) is 14.9 Å². The Bertz CT molecular complexity index is 887. The molecule has 0 aliphatic carbocycles. The first-order valence-corrected chi connectivity index (χ1v) is 7.98. The van der Waals surface area contributed by atoms with Gasteiger partial charge < -0.3 is 9.88 Å². The largest absolute Gasteiger partial charge is 0.348 e. The third kappa shape index (κ3) is 2.28. The predicted octanol–water partition coefficient (Wildman–Crippen LogP) is 2.28. The second-order valence-corrected chi connectivity index (χ2v) is 6.09. The Kier molecular flexibility index (Phi) is 3.57. The van der Waals surface area contributed by atoms with Gasteiger partial charge in [-0.25, -0.2) is 4.98 Å². The molecule has 1 aliphatic heterocycles. The molecule has 0 spiro atoms. The second-order valence-electron chi connectivity index (χ2n) is 5.71. The van der Waals surface area contributed by atoms with E-state index < -0.39 is 0 Å². The highest BCUT2D eigenvalue weighted by atomic mass is 35.5. The molecule has 3 aromatic rings. The monoisotopic (exact) mass is 342 g/mol. The lowest BCUT2D eigenvalue weighted by Gasteiger charge is -2.34. The average Bonchev–Trinajstić information content (AvgIpc) is 3.21. The highest BCUT2D eigenvalue weighted by Crippen LogP contribution is 2.34. The standard InChI is InChI=1S/C16H15ClN6O/c1-9-12(17)14(22-21-9)16(24)23-6-4-11-13(20-8-19-11)15(23)10-3-2-5-18-7-10/h2-3,5,7-8,15H,4,6H2,1H3,(H,19,20)(H,21,22)/t15-/m1/s1. The summed E-state index contributed by atoms with van der Waals surface area (Å²) in [5.74, 6) is -0.216. The Morgan fingerprint density at radius 3 is 3.04 bits per heavy atom. The highest BCUT2D eigenvalue weighted by molar-refractivity contribution is 6.34. The third-order valence-electron chi connectivity index (χ3n) is 4.26. The topological polar surface area (TPSA) is 90.6 Å². The van der Waals surface area contributed by atoms with Gasteiger partial charge in [0, 0.05) is 31.1 Å². The van der Waals surface area contributed by atoms with Gasteiger partial charge in [-0.1, -0.05) is 17.7 Å². The van der Waals surface area contributed by atoms with Crippen molar-refractivity contribution in [2.45, 2.75) is 19.4 Å². The zero-order valence-corrected chi connectivity index (χ0v) is 13.7. The first-order chi connectivity index (χ1) is 11.7. The van der Waals surface area contributed by atoms with Crippen molar-refractivity contribution in [3.05, 3.63) is 64.2 Å². The second kappa shape index (κ2) is 5.76. The number of carbonyl (C=O) groups is 1. The average molecular weight is 343 g/mol. The number of carbonyl (C=O) groups excluding carboxylic acids is 1. The molecule has 8 heteroatoms. The zero-order chi connectivity index (χ0) is 16.7. The molecular weight excluding hydrogens is 328 g/mol. The van der Waals surface area contributed by atoms with Crippen molar-refractivity contribution in [3.63, 3.8) is 0 Å². The first kappa shape index (κ1) is 14.9. The summed E-state index contributed by atoms with van der Waals surface area (Å²) in [7, 11) is 0. The van der Waals surface area contributed by atoms with Crippen LogP contribution in [0.3, 0.4) is 0 Å². The number of hydrogen-bond acceptors (Lipinski definition) is 4. The number of nitrogens with one attached hydrogen (secondary N) is 2. The van der Waals surface area contributed by atoms with E-state index in [1.807, 2.05) is 12.1 Å². The molecule has 0 bridgehead atoms. The van der Waals surface area contributed by atoms with Gasteiger partial charge in [0.15, 0.2) is 5.69 Å². The molecule has 0 unspecified atom stereocenters. The number of hydrogen-bond donors (Lipinski definition) is 2. The SMILES string of the molecule is Cc1[nH]nc(C(=O)N2CCc3[nH]cnc3[C@H]2c2cccnc2)c1Cl. The van der Waals surface area contributed by atoms with E-state index in [1.54, 1.807) is 30.5 Å². The van der Waals surface area contributed by atoms with Crippen LogP contribution >= 0.6 is 11.6 Å². The van der Waals surface area contributed by atoms with Gasteiger partial charge in [0.1, 0.15) is 6.04 Å². The summed E-state index contributed by atoms with van der Waals surface area (Å²) in [5.41, 5.74) is 3.70. The lowest BCUT2D eigenvalue weighted by atomic mass is 9.96. The maximum Gasteiger partial charge on any atom is 0.276 e. The molecule has 0 radical (unpaired) electrons. The summed E-state index contributed by atoms with van der Waals surface area (Å²) in [6, 6.07) is 3.48. The van der Waals surface area contributed by atoms with Crippen LogP contribution in [-0.2, 0) is 6.42 Å². The molecule has 1 amide bonds. The van der Waals surface area contributed by atoms with Gasteiger partial charge in [-0.05, 0) is 18.6 Å². The lowest BCUT2D eigenvalue weighted by Crippen LogP contribution is -2.41. The molecule has 0 saturated carbocycles. The van der Waals surface area contributed by atoms with E-state index in [0.717, 1.165) is 17.0 Å². The fraction of sp³-hybridized carbons (Fsp3) is 0.250. The predicted molar refractivity (Wildman–Crippen MR) is 87.7 cm³/mol. The number of halogens is 1. The summed E-state index contributed by atoms with van der Waals surface area (Å²) in [5, 5.41) is 7.19. The van der Waals surface area contributed by atoms with Crippen LogP contribution in [0.5, 0.6) is 0 Å². The zero-order valence-electron chi connectivity index (χ0n) is 13.0. The normalized spacial score (nSPS) is 16.9. The van der Waals surface area contributed by atoms with Gasteiger partial charge in [0.25, 0.3) is 5.91 Å². The quantitative estimate of drug-likeness (QED) is 0.747. The van der Waals surface area contributed by atoms with Crippen molar-refractivity contribution in [3.8, 4) is 0 Å². The van der Waals surface area contributed by atoms with E-state index in [-0.39, 0.29) is 17.6 Å². The Hall–Kier alpha value is -2.67. The minimum atomic E-state index is -0.311. The van der Waals surface area contributed by atoms with Crippen molar-refractivity contribution in [1.82, 2.24) is 30.0 Å². The molecule has 2 N–H and O–H groups in total. The van der Waals surface area contributed by atoms with Crippen LogP contribution in [0.25, 0.3) is 0 Å². The molecule has 0 saturated heterocycles. The lowest BCUT2D eigenvalue weighted by molar-refractivity contribution is 0.0684. The van der Waals surface area contributed by atoms with E-state index in [2.05, 4.69) is 25.1 Å². The van der Waals surface area contributed by atoms with E-state index in [1.165, 1.54) is 0 Å². The van der Waals surface area contributed by atoms with Crippen LogP contribution in [-0.4, -0.2) is 42.5 Å². The number of aryl methyl sites for hydroxylation is 1. The maximum absolute atomic E-state index is 13.0. The molecule has 4 rings (SSSR count). The fourth-order valence-corrected chi connectivity index (χ4v) is 3.23. The number of amides is 1. The van der Waals surface area contributed by atoms with Gasteiger partial charge in [-0.15, -0.1) is 0 Å². The molecule has 24 heavy (non-hydrogen) atoms. The molecule has 3 aromatic heterocycles. The summed E-state index contributed by atoms with van der Waals surface area (Å²) >= 11 is 6.22. The van der Waals surface area contributed by atoms with Gasteiger partial charge >= 0.3 is 0 Å². The summed E-state index contributed by atoms with van der Waals surface area (Å²) in [4.78, 5) is 26.6. The molecule has 0 fully saturated rings. The molecule has 0 aromatic carbocycles. The molecule has 122 valence electrons. The number of rotatable bonds is 2. The summed E-state index contributed by atoms with van der Waals surface area (Å²) in [6.07, 6.45) is 5.83. The number of aromatic amines is 2. The molecule has 4 heterocycles. The summed E-state index contributed by atoms with van der Waals surface area (Å²) < 4.78 is 0. The molecule has 1 aliphatic rings. The Labute approximate surface area is 143 Å². The highest BCUT2D eigenvalue weighted by Gasteiger charge is 2.36. The smallest absolute Gasteiger partial charge is 0.276 e. The number of nitrogens with zero attached hydrogens (tertiary/aromatic N) is 4. The van der Waals surface area contributed by atoms with Crippen molar-refractivity contribution in [1.29, 1.82) is 0 Å². The molecule has 1 atom stereocenters. The van der Waals surface area contributed by atoms with E-state index in [0.29, 0.717) is 23.7 Å². The number of imidazole rings is 1. The van der Waals surface area contributed by atoms with Crippen LogP contribution in [0.2, 0.25) is 5.02 Å². The van der Waals surface area contributed by atoms with Crippen molar-refractivity contribution in [2.75, 3.05) is 6.54 Å². The Morgan fingerprint density at radius 1 is 1.46 bits per heavy atom. The van der Waals surface area contributed by atoms with Crippen LogP contribution in [0.1, 0.15) is 39.2 Å². The van der Waals surface area contributed by atoms with Crippen LogP contribution < -0.4 is 0 Å². The van der Waals surface area contributed by atoms with Gasteiger partial charge in [0.2, 0.25) is 0 Å². The number of H-pyrrole nitrogens is 2. The molecule has 7 nitrogen and oxygen atoms in total. The van der Waals surface area contributed by atoms with Crippen molar-refractivity contribution in [2.24, 2.45) is 0 Å². The van der Waals surface area contributed by atoms with Crippen LogP contribution in [0.15, 0.2) is 30.9 Å².